The van der Waals surface area contributed by atoms with Gasteiger partial charge in [0.2, 0.25) is 0 Å². The Bertz CT molecular complexity index is 3250. The van der Waals surface area contributed by atoms with Crippen LogP contribution in [0.25, 0.3) is 53.2 Å². The molecule has 0 saturated heterocycles. The number of rotatable bonds is 2. The summed E-state index contributed by atoms with van der Waals surface area (Å²) in [6.07, 6.45) is 0. The van der Waals surface area contributed by atoms with Crippen molar-refractivity contribution in [2.45, 2.75) is 5.41 Å². The van der Waals surface area contributed by atoms with Crippen LogP contribution >= 0.6 is 18.5 Å². The van der Waals surface area contributed by atoms with Gasteiger partial charge in [-0.2, -0.15) is 0 Å². The van der Waals surface area contributed by atoms with Crippen molar-refractivity contribution in [3.63, 3.8) is 0 Å². The second-order valence-electron chi connectivity index (χ2n) is 14.3. The van der Waals surface area contributed by atoms with Gasteiger partial charge >= 0.3 is 0 Å². The van der Waals surface area contributed by atoms with E-state index in [0.29, 0.717) is 0 Å². The molecule has 1 spiro atoms. The molecule has 0 fully saturated rings. The van der Waals surface area contributed by atoms with Gasteiger partial charge in [-0.25, -0.2) is 0 Å². The summed E-state index contributed by atoms with van der Waals surface area (Å²) in [5, 5.41) is 7.03. The Labute approximate surface area is 315 Å². The molecule has 12 rings (SSSR count). The largest absolute Gasteiger partial charge is 0.457 e. The molecule has 54 heavy (non-hydrogen) atoms. The summed E-state index contributed by atoms with van der Waals surface area (Å²) < 4.78 is 32.3. The maximum atomic E-state index is 16.3. The van der Waals surface area contributed by atoms with Gasteiger partial charge in [0.05, 0.1) is 5.41 Å². The first-order valence-electron chi connectivity index (χ1n) is 18.2. The van der Waals surface area contributed by atoms with Crippen LogP contribution in [0.15, 0.2) is 180 Å². The molecule has 3 nitrogen and oxygen atoms in total. The van der Waals surface area contributed by atoms with E-state index in [-0.39, 0.29) is 0 Å². The molecular formula is C49H29O3PS. The van der Waals surface area contributed by atoms with Crippen LogP contribution in [-0.2, 0) is 9.98 Å². The predicted molar refractivity (Wildman–Crippen MR) is 223 cm³/mol. The summed E-state index contributed by atoms with van der Waals surface area (Å²) >= 11 is 1.83. The number of furan rings is 1. The number of para-hydroxylation sites is 2. The SMILES string of the molecule is O=P1(c2ccccc2)c2ccccc2C2(c3ccccc3Oc3cc(-c4ccc5c(c4)sc4ccccc45)ccc32)c2cc3c(cc21)oc1ccccc13. The van der Waals surface area contributed by atoms with E-state index in [4.69, 9.17) is 9.15 Å². The molecule has 4 heterocycles. The van der Waals surface area contributed by atoms with Gasteiger partial charge in [0, 0.05) is 58.0 Å². The van der Waals surface area contributed by atoms with Gasteiger partial charge in [-0.15, -0.1) is 11.3 Å². The molecule has 2 aromatic heterocycles. The highest BCUT2D eigenvalue weighted by Crippen LogP contribution is 2.62. The number of ether oxygens (including phenoxy) is 1. The van der Waals surface area contributed by atoms with E-state index in [1.54, 1.807) is 0 Å². The van der Waals surface area contributed by atoms with Crippen molar-refractivity contribution >= 4 is 76.5 Å². The van der Waals surface area contributed by atoms with Crippen molar-refractivity contribution in [3.05, 3.63) is 198 Å². The fraction of sp³-hybridized carbons (Fsp3) is 0.0204. The molecule has 2 unspecified atom stereocenters. The summed E-state index contributed by atoms with van der Waals surface area (Å²) in [5.41, 5.74) is 6.97. The topological polar surface area (TPSA) is 39.4 Å². The first-order chi connectivity index (χ1) is 26.6. The summed E-state index contributed by atoms with van der Waals surface area (Å²) in [6, 6.07) is 61.2. The summed E-state index contributed by atoms with van der Waals surface area (Å²) in [4.78, 5) is 0. The van der Waals surface area contributed by atoms with Gasteiger partial charge in [-0.05, 0) is 64.7 Å². The molecule has 5 heteroatoms. The molecule has 0 amide bonds. The van der Waals surface area contributed by atoms with Crippen LogP contribution in [0.1, 0.15) is 22.3 Å². The maximum absolute atomic E-state index is 16.3. The van der Waals surface area contributed by atoms with Crippen LogP contribution in [0, 0.1) is 0 Å². The standard InChI is InChI=1S/C49H29O3PS/c50-53(32-12-2-1-3-13-32)45-20-10-7-17-39(45)49(40-28-36-33-14-4-8-18-41(33)51-43(36)29-46(40)53)37-16-6-9-19-42(37)52-44-26-30(23-25-38(44)49)31-22-24-35-34-15-5-11-21-47(34)54-48(35)27-31/h1-29H. The third-order valence-corrected chi connectivity index (χ3v) is 15.9. The quantitative estimate of drug-likeness (QED) is 0.166. The smallest absolute Gasteiger partial charge is 0.171 e. The molecule has 10 aromatic rings. The highest BCUT2D eigenvalue weighted by atomic mass is 32.1. The Morgan fingerprint density at radius 2 is 1.13 bits per heavy atom. The molecular weight excluding hydrogens is 700 g/mol. The van der Waals surface area contributed by atoms with Gasteiger partial charge in [0.15, 0.2) is 7.14 Å². The fourth-order valence-electron chi connectivity index (χ4n) is 9.29. The molecule has 0 aliphatic carbocycles. The van der Waals surface area contributed by atoms with E-state index >= 15 is 4.57 Å². The monoisotopic (exact) mass is 728 g/mol. The zero-order valence-corrected chi connectivity index (χ0v) is 30.5. The molecule has 0 saturated carbocycles. The Morgan fingerprint density at radius 3 is 2.04 bits per heavy atom. The van der Waals surface area contributed by atoms with E-state index in [2.05, 4.69) is 115 Å². The Morgan fingerprint density at radius 1 is 0.444 bits per heavy atom. The normalized spacial score (nSPS) is 18.4. The molecule has 254 valence electrons. The molecule has 2 aliphatic rings. The zero-order chi connectivity index (χ0) is 35.6. The van der Waals surface area contributed by atoms with Gasteiger partial charge in [0.1, 0.15) is 22.7 Å². The number of benzene rings is 8. The molecule has 0 N–H and O–H groups in total. The van der Waals surface area contributed by atoms with Crippen LogP contribution in [0.3, 0.4) is 0 Å². The Kier molecular flexibility index (Phi) is 6.13. The number of hydrogen-bond donors (Lipinski definition) is 0. The van der Waals surface area contributed by atoms with Crippen molar-refractivity contribution < 1.29 is 13.7 Å². The minimum atomic E-state index is -3.40. The third-order valence-electron chi connectivity index (χ3n) is 11.6. The lowest BCUT2D eigenvalue weighted by Crippen LogP contribution is -2.47. The highest BCUT2D eigenvalue weighted by Gasteiger charge is 2.55. The second-order valence-corrected chi connectivity index (χ2v) is 18.1. The summed E-state index contributed by atoms with van der Waals surface area (Å²) in [6.45, 7) is 0. The van der Waals surface area contributed by atoms with E-state index in [1.165, 1.54) is 20.2 Å². The minimum absolute atomic E-state index is 0.730. The van der Waals surface area contributed by atoms with Gasteiger partial charge < -0.3 is 13.7 Å². The van der Waals surface area contributed by atoms with Gasteiger partial charge in [-0.1, -0.05) is 133 Å². The molecule has 8 aromatic carbocycles. The van der Waals surface area contributed by atoms with Gasteiger partial charge in [0.25, 0.3) is 0 Å². The molecule has 0 bridgehead atoms. The molecule has 0 radical (unpaired) electrons. The summed E-state index contributed by atoms with van der Waals surface area (Å²) in [7, 11) is -3.40. The van der Waals surface area contributed by atoms with Gasteiger partial charge in [-0.3, -0.25) is 0 Å². The van der Waals surface area contributed by atoms with Crippen LogP contribution in [-0.4, -0.2) is 0 Å². The Hall–Kier alpha value is -6.19. The van der Waals surface area contributed by atoms with Crippen molar-refractivity contribution in [2.24, 2.45) is 0 Å². The molecule has 2 aliphatic heterocycles. The predicted octanol–water partition coefficient (Wildman–Crippen LogP) is 12.1. The van der Waals surface area contributed by atoms with Crippen molar-refractivity contribution in [3.8, 4) is 22.6 Å². The fourth-order valence-corrected chi connectivity index (χ4v) is 13.6. The highest BCUT2D eigenvalue weighted by molar-refractivity contribution is 7.85. The van der Waals surface area contributed by atoms with E-state index in [0.717, 1.165) is 82.7 Å². The maximum Gasteiger partial charge on any atom is 0.171 e. The van der Waals surface area contributed by atoms with Crippen LogP contribution in [0.4, 0.5) is 0 Å². The number of fused-ring (bicyclic) bond motifs is 14. The summed E-state index contributed by atoms with van der Waals surface area (Å²) in [5.74, 6) is 1.58. The van der Waals surface area contributed by atoms with E-state index in [9.17, 15) is 0 Å². The lowest BCUT2D eigenvalue weighted by atomic mass is 9.63. The number of thiophene rings is 1. The average Bonchev–Trinajstić information content (AvgIpc) is 3.79. The minimum Gasteiger partial charge on any atom is -0.457 e. The van der Waals surface area contributed by atoms with E-state index < -0.39 is 12.6 Å². The second kappa shape index (κ2) is 10.9. The first kappa shape index (κ1) is 30.3. The van der Waals surface area contributed by atoms with Crippen molar-refractivity contribution in [1.29, 1.82) is 0 Å². The number of hydrogen-bond acceptors (Lipinski definition) is 4. The van der Waals surface area contributed by atoms with Crippen LogP contribution < -0.4 is 20.7 Å². The molecule has 2 atom stereocenters. The van der Waals surface area contributed by atoms with E-state index in [1.807, 2.05) is 72.0 Å². The zero-order valence-electron chi connectivity index (χ0n) is 28.8. The first-order valence-corrected chi connectivity index (χ1v) is 20.7. The van der Waals surface area contributed by atoms with Crippen LogP contribution in [0.2, 0.25) is 0 Å². The van der Waals surface area contributed by atoms with Crippen molar-refractivity contribution in [2.75, 3.05) is 0 Å². The lowest BCUT2D eigenvalue weighted by molar-refractivity contribution is 0.435. The lowest BCUT2D eigenvalue weighted by Gasteiger charge is -2.47. The third kappa shape index (κ3) is 3.89. The van der Waals surface area contributed by atoms with Crippen LogP contribution in [0.5, 0.6) is 11.5 Å². The van der Waals surface area contributed by atoms with Crippen molar-refractivity contribution in [1.82, 2.24) is 0 Å². The average molecular weight is 729 g/mol. The Balaban J connectivity index is 1.19.